The molecule has 2 aliphatic rings. The van der Waals surface area contributed by atoms with Crippen molar-refractivity contribution in [2.75, 3.05) is 27.8 Å². The molecule has 0 fully saturated rings. The Hall–Kier alpha value is -3.72. The van der Waals surface area contributed by atoms with Crippen LogP contribution in [-0.4, -0.2) is 54.7 Å². The maximum Gasteiger partial charge on any atom is 0.338 e. The van der Waals surface area contributed by atoms with Crippen molar-refractivity contribution in [3.8, 4) is 11.5 Å². The molecule has 0 aromatic heterocycles. The number of fused-ring (bicyclic) bond motifs is 1. The Kier molecular flexibility index (Phi) is 8.23. The van der Waals surface area contributed by atoms with Crippen LogP contribution in [0.5, 0.6) is 11.5 Å². The van der Waals surface area contributed by atoms with Gasteiger partial charge in [-0.25, -0.2) is 9.79 Å². The van der Waals surface area contributed by atoms with E-state index in [9.17, 15) is 9.59 Å². The smallest absolute Gasteiger partial charge is 0.338 e. The number of thioether (sulfide) groups is 1. The quantitative estimate of drug-likeness (QED) is 0.435. The van der Waals surface area contributed by atoms with Crippen molar-refractivity contribution in [2.24, 2.45) is 4.99 Å². The predicted molar refractivity (Wildman–Crippen MR) is 144 cm³/mol. The Morgan fingerprint density at radius 2 is 1.86 bits per heavy atom. The fraction of sp³-hybridized carbons (Fsp3) is 0.321. The van der Waals surface area contributed by atoms with E-state index in [-0.39, 0.29) is 18.9 Å². The Balaban J connectivity index is 1.76. The van der Waals surface area contributed by atoms with Gasteiger partial charge >= 0.3 is 5.97 Å². The predicted octanol–water partition coefficient (Wildman–Crippen LogP) is 4.89. The SMILES string of the molecule is CCN(C)C(=O)CC1=CSC2=NC(C)=C(C(=O)OCc3ccccc3)[C@H](c3ccc(OC)cc3OC)N12. The summed E-state index contributed by atoms with van der Waals surface area (Å²) >= 11 is 1.43. The molecule has 194 valence electrons. The first-order valence-electron chi connectivity index (χ1n) is 12.0. The van der Waals surface area contributed by atoms with Crippen molar-refractivity contribution >= 4 is 28.8 Å². The van der Waals surface area contributed by atoms with Crippen molar-refractivity contribution in [3.63, 3.8) is 0 Å². The van der Waals surface area contributed by atoms with E-state index in [1.165, 1.54) is 11.8 Å². The number of rotatable bonds is 9. The molecule has 0 aliphatic carbocycles. The molecule has 2 aromatic carbocycles. The highest BCUT2D eigenvalue weighted by atomic mass is 32.2. The van der Waals surface area contributed by atoms with Crippen molar-refractivity contribution in [1.29, 1.82) is 0 Å². The zero-order valence-corrected chi connectivity index (χ0v) is 22.5. The molecule has 0 saturated carbocycles. The van der Waals surface area contributed by atoms with Gasteiger partial charge in [-0.15, -0.1) is 0 Å². The van der Waals surface area contributed by atoms with Crippen LogP contribution in [0.1, 0.15) is 37.4 Å². The van der Waals surface area contributed by atoms with Gasteiger partial charge in [-0.05, 0) is 37.0 Å². The fourth-order valence-electron chi connectivity index (χ4n) is 4.24. The molecule has 8 nitrogen and oxygen atoms in total. The monoisotopic (exact) mass is 521 g/mol. The summed E-state index contributed by atoms with van der Waals surface area (Å²) in [6.07, 6.45) is 0.177. The minimum absolute atomic E-state index is 0.0180. The Morgan fingerprint density at radius 1 is 1.11 bits per heavy atom. The number of ether oxygens (including phenoxy) is 3. The van der Waals surface area contributed by atoms with Crippen LogP contribution in [-0.2, 0) is 20.9 Å². The Labute approximate surface area is 221 Å². The number of esters is 1. The summed E-state index contributed by atoms with van der Waals surface area (Å²) in [5, 5.41) is 2.62. The van der Waals surface area contributed by atoms with Gasteiger partial charge in [0.25, 0.3) is 0 Å². The number of carbonyl (C=O) groups is 2. The molecule has 0 unspecified atom stereocenters. The standard InChI is InChI=1S/C28H31N3O5S/c1-6-30(3)24(32)14-20-17-37-28-29-18(2)25(27(33)36-16-19-10-8-7-9-11-19)26(31(20)28)22-13-12-21(34-4)15-23(22)35-5/h7-13,15,17,26H,6,14,16H2,1-5H3/t26-/m0/s1. The van der Waals surface area contributed by atoms with Crippen molar-refractivity contribution < 1.29 is 23.8 Å². The van der Waals surface area contributed by atoms with Gasteiger partial charge < -0.3 is 24.0 Å². The number of hydrogen-bond donors (Lipinski definition) is 0. The third kappa shape index (κ3) is 5.51. The number of carbonyl (C=O) groups excluding carboxylic acids is 2. The summed E-state index contributed by atoms with van der Waals surface area (Å²) in [4.78, 5) is 34.8. The molecule has 0 spiro atoms. The summed E-state index contributed by atoms with van der Waals surface area (Å²) in [5.41, 5.74) is 3.35. The first-order valence-corrected chi connectivity index (χ1v) is 12.9. The summed E-state index contributed by atoms with van der Waals surface area (Å²) in [6, 6.07) is 14.4. The van der Waals surface area contributed by atoms with Crippen LogP contribution in [0, 0.1) is 0 Å². The van der Waals surface area contributed by atoms with Crippen LogP contribution >= 0.6 is 11.8 Å². The Bertz CT molecular complexity index is 1270. The first-order chi connectivity index (χ1) is 17.9. The molecule has 9 heteroatoms. The van der Waals surface area contributed by atoms with E-state index in [4.69, 9.17) is 19.2 Å². The third-order valence-electron chi connectivity index (χ3n) is 6.40. The van der Waals surface area contributed by atoms with Gasteiger partial charge in [0.15, 0.2) is 5.17 Å². The number of benzene rings is 2. The molecule has 1 amide bonds. The van der Waals surface area contributed by atoms with E-state index in [1.54, 1.807) is 39.2 Å². The van der Waals surface area contributed by atoms with E-state index in [2.05, 4.69) is 0 Å². The lowest BCUT2D eigenvalue weighted by Crippen LogP contribution is -2.38. The molecular formula is C28H31N3O5S. The van der Waals surface area contributed by atoms with Crippen LogP contribution in [0.15, 0.2) is 75.9 Å². The number of nitrogens with zero attached hydrogens (tertiary/aromatic N) is 3. The third-order valence-corrected chi connectivity index (χ3v) is 7.29. The van der Waals surface area contributed by atoms with Crippen molar-refractivity contribution in [3.05, 3.63) is 82.0 Å². The fourth-order valence-corrected chi connectivity index (χ4v) is 5.20. The van der Waals surface area contributed by atoms with Crippen LogP contribution < -0.4 is 9.47 Å². The van der Waals surface area contributed by atoms with Crippen LogP contribution in [0.4, 0.5) is 0 Å². The molecule has 1 atom stereocenters. The van der Waals surface area contributed by atoms with Crippen LogP contribution in [0.25, 0.3) is 0 Å². The highest BCUT2D eigenvalue weighted by Gasteiger charge is 2.42. The average molecular weight is 522 g/mol. The lowest BCUT2D eigenvalue weighted by Gasteiger charge is -2.37. The van der Waals surface area contributed by atoms with E-state index < -0.39 is 12.0 Å². The minimum atomic E-state index is -0.599. The highest BCUT2D eigenvalue weighted by Crippen LogP contribution is 2.47. The Morgan fingerprint density at radius 3 is 2.54 bits per heavy atom. The van der Waals surface area contributed by atoms with Gasteiger partial charge in [0.1, 0.15) is 18.1 Å². The zero-order valence-electron chi connectivity index (χ0n) is 21.7. The molecule has 4 rings (SSSR count). The summed E-state index contributed by atoms with van der Waals surface area (Å²) in [6.45, 7) is 4.48. The number of allylic oxidation sites excluding steroid dienone is 1. The number of hydrogen-bond acceptors (Lipinski definition) is 8. The van der Waals surface area contributed by atoms with Gasteiger partial charge in [-0.1, -0.05) is 42.1 Å². The zero-order chi connectivity index (χ0) is 26.5. The molecule has 2 aromatic rings. The number of methoxy groups -OCH3 is 2. The van der Waals surface area contributed by atoms with Gasteiger partial charge in [-0.3, -0.25) is 4.79 Å². The molecule has 0 saturated heterocycles. The highest BCUT2D eigenvalue weighted by molar-refractivity contribution is 8.16. The van der Waals surface area contributed by atoms with Crippen molar-refractivity contribution in [1.82, 2.24) is 9.80 Å². The number of aliphatic imine (C=N–C) groups is 1. The first kappa shape index (κ1) is 26.3. The number of amides is 1. The molecule has 2 heterocycles. The molecule has 0 N–H and O–H groups in total. The van der Waals surface area contributed by atoms with Gasteiger partial charge in [0, 0.05) is 30.9 Å². The molecule has 0 radical (unpaired) electrons. The maximum atomic E-state index is 13.6. The van der Waals surface area contributed by atoms with E-state index >= 15 is 0 Å². The maximum absolute atomic E-state index is 13.6. The molecule has 37 heavy (non-hydrogen) atoms. The molecule has 0 bridgehead atoms. The summed E-state index contributed by atoms with van der Waals surface area (Å²) in [5.74, 6) is 0.696. The van der Waals surface area contributed by atoms with Gasteiger partial charge in [-0.2, -0.15) is 0 Å². The van der Waals surface area contributed by atoms with Crippen LogP contribution in [0.2, 0.25) is 0 Å². The second-order valence-electron chi connectivity index (χ2n) is 8.65. The molecule has 2 aliphatic heterocycles. The lowest BCUT2D eigenvalue weighted by molar-refractivity contribution is -0.141. The van der Waals surface area contributed by atoms with Crippen molar-refractivity contribution in [2.45, 2.75) is 32.9 Å². The lowest BCUT2D eigenvalue weighted by atomic mass is 9.93. The topological polar surface area (TPSA) is 80.7 Å². The van der Waals surface area contributed by atoms with Crippen LogP contribution in [0.3, 0.4) is 0 Å². The second kappa shape index (κ2) is 11.6. The van der Waals surface area contributed by atoms with Gasteiger partial charge in [0.05, 0.1) is 38.0 Å². The summed E-state index contributed by atoms with van der Waals surface area (Å²) in [7, 11) is 4.94. The average Bonchev–Trinajstić information content (AvgIpc) is 3.32. The number of amidine groups is 1. The molecular weight excluding hydrogens is 490 g/mol. The second-order valence-corrected chi connectivity index (χ2v) is 9.48. The van der Waals surface area contributed by atoms with E-state index in [0.717, 1.165) is 16.8 Å². The minimum Gasteiger partial charge on any atom is -0.497 e. The van der Waals surface area contributed by atoms with E-state index in [1.807, 2.05) is 59.7 Å². The normalized spacial score (nSPS) is 16.6. The summed E-state index contributed by atoms with van der Waals surface area (Å²) < 4.78 is 16.9. The van der Waals surface area contributed by atoms with E-state index in [0.29, 0.717) is 34.5 Å². The largest absolute Gasteiger partial charge is 0.497 e. The van der Waals surface area contributed by atoms with Gasteiger partial charge in [0.2, 0.25) is 5.91 Å².